The third-order valence-corrected chi connectivity index (χ3v) is 4.87. The SMILES string of the molecule is COC(=O)C1=C(C)NC(c2csc(C)n2)=N[C@@H]1c1ccc(F)cc1Cl. The normalized spacial score (nSPS) is 17.2. The lowest BCUT2D eigenvalue weighted by molar-refractivity contribution is -0.136. The topological polar surface area (TPSA) is 63.6 Å². The predicted octanol–water partition coefficient (Wildman–Crippen LogP) is 3.78. The number of methoxy groups -OCH3 is 1. The molecule has 25 heavy (non-hydrogen) atoms. The number of ether oxygens (including phenoxy) is 1. The van der Waals surface area contributed by atoms with Crippen LogP contribution in [0.25, 0.3) is 0 Å². The molecule has 0 saturated carbocycles. The maximum atomic E-state index is 13.4. The van der Waals surface area contributed by atoms with Crippen molar-refractivity contribution in [2.45, 2.75) is 19.9 Å². The Labute approximate surface area is 153 Å². The fourth-order valence-corrected chi connectivity index (χ4v) is 3.47. The molecule has 5 nitrogen and oxygen atoms in total. The van der Waals surface area contributed by atoms with Crippen LogP contribution < -0.4 is 5.32 Å². The zero-order valence-electron chi connectivity index (χ0n) is 13.8. The van der Waals surface area contributed by atoms with E-state index in [1.807, 2.05) is 12.3 Å². The van der Waals surface area contributed by atoms with Gasteiger partial charge in [0.25, 0.3) is 0 Å². The average Bonchev–Trinajstić information content (AvgIpc) is 3.00. The van der Waals surface area contributed by atoms with E-state index in [9.17, 15) is 9.18 Å². The number of hydrogen-bond donors (Lipinski definition) is 1. The number of thiazole rings is 1. The number of amidine groups is 1. The molecule has 1 N–H and O–H groups in total. The number of carbonyl (C=O) groups excluding carboxylic acids is 1. The Bertz CT molecular complexity index is 907. The second-order valence-corrected chi connectivity index (χ2v) is 6.92. The maximum absolute atomic E-state index is 13.4. The fourth-order valence-electron chi connectivity index (χ4n) is 2.60. The van der Waals surface area contributed by atoms with Crippen LogP contribution in [0, 0.1) is 12.7 Å². The van der Waals surface area contributed by atoms with E-state index in [0.717, 1.165) is 5.01 Å². The molecule has 1 aromatic carbocycles. The summed E-state index contributed by atoms with van der Waals surface area (Å²) in [5.41, 5.74) is 2.11. The first-order valence-corrected chi connectivity index (χ1v) is 8.67. The van der Waals surface area contributed by atoms with Gasteiger partial charge in [-0.15, -0.1) is 11.3 Å². The highest BCUT2D eigenvalue weighted by Crippen LogP contribution is 2.36. The molecule has 2 aromatic rings. The number of nitrogens with zero attached hydrogens (tertiary/aromatic N) is 2. The number of halogens is 2. The molecular formula is C17H15ClFN3O2S. The van der Waals surface area contributed by atoms with Gasteiger partial charge < -0.3 is 10.1 Å². The molecule has 3 rings (SSSR count). The summed E-state index contributed by atoms with van der Waals surface area (Å²) in [6.07, 6.45) is 0. The van der Waals surface area contributed by atoms with Crippen molar-refractivity contribution >= 4 is 34.7 Å². The molecule has 0 unspecified atom stereocenters. The van der Waals surface area contributed by atoms with E-state index in [1.165, 1.54) is 36.6 Å². The van der Waals surface area contributed by atoms with Crippen molar-refractivity contribution in [3.63, 3.8) is 0 Å². The number of carbonyl (C=O) groups is 1. The number of nitrogens with one attached hydrogen (secondary N) is 1. The van der Waals surface area contributed by atoms with E-state index in [-0.39, 0.29) is 5.02 Å². The number of benzene rings is 1. The van der Waals surface area contributed by atoms with Crippen molar-refractivity contribution in [2.24, 2.45) is 4.99 Å². The van der Waals surface area contributed by atoms with Crippen molar-refractivity contribution in [3.8, 4) is 0 Å². The van der Waals surface area contributed by atoms with Gasteiger partial charge in [0, 0.05) is 21.7 Å². The molecular weight excluding hydrogens is 365 g/mol. The Morgan fingerprint density at radius 1 is 1.40 bits per heavy atom. The summed E-state index contributed by atoms with van der Waals surface area (Å²) in [4.78, 5) is 21.3. The lowest BCUT2D eigenvalue weighted by atomic mass is 9.95. The van der Waals surface area contributed by atoms with Crippen LogP contribution >= 0.6 is 22.9 Å². The van der Waals surface area contributed by atoms with Gasteiger partial charge in [0.15, 0.2) is 5.84 Å². The number of aliphatic imine (C=N–C) groups is 1. The first-order chi connectivity index (χ1) is 11.9. The molecule has 0 bridgehead atoms. The van der Waals surface area contributed by atoms with Crippen LogP contribution in [0.4, 0.5) is 4.39 Å². The second kappa shape index (κ2) is 6.93. The van der Waals surface area contributed by atoms with Gasteiger partial charge in [-0.1, -0.05) is 17.7 Å². The molecule has 0 radical (unpaired) electrons. The Morgan fingerprint density at radius 2 is 2.16 bits per heavy atom. The average molecular weight is 380 g/mol. The van der Waals surface area contributed by atoms with Crippen molar-refractivity contribution in [1.82, 2.24) is 10.3 Å². The van der Waals surface area contributed by atoms with Crippen LogP contribution in [-0.2, 0) is 9.53 Å². The summed E-state index contributed by atoms with van der Waals surface area (Å²) >= 11 is 7.70. The molecule has 8 heteroatoms. The molecule has 1 aromatic heterocycles. The van der Waals surface area contributed by atoms with Crippen LogP contribution in [0.3, 0.4) is 0 Å². The van der Waals surface area contributed by atoms with Gasteiger partial charge in [0.1, 0.15) is 17.6 Å². The van der Waals surface area contributed by atoms with Crippen molar-refractivity contribution in [2.75, 3.05) is 7.11 Å². The number of allylic oxidation sites excluding steroid dienone is 1. The van der Waals surface area contributed by atoms with E-state index >= 15 is 0 Å². The summed E-state index contributed by atoms with van der Waals surface area (Å²) in [6, 6.07) is 3.30. The van der Waals surface area contributed by atoms with Crippen molar-refractivity contribution < 1.29 is 13.9 Å². The van der Waals surface area contributed by atoms with E-state index in [4.69, 9.17) is 16.3 Å². The number of aromatic nitrogens is 1. The third kappa shape index (κ3) is 3.43. The van der Waals surface area contributed by atoms with Gasteiger partial charge in [0.05, 0.1) is 17.7 Å². The zero-order valence-corrected chi connectivity index (χ0v) is 15.3. The largest absolute Gasteiger partial charge is 0.466 e. The smallest absolute Gasteiger partial charge is 0.338 e. The minimum absolute atomic E-state index is 0.193. The van der Waals surface area contributed by atoms with Gasteiger partial charge in [-0.2, -0.15) is 0 Å². The molecule has 1 aliphatic rings. The van der Waals surface area contributed by atoms with Gasteiger partial charge in [-0.3, -0.25) is 4.99 Å². The summed E-state index contributed by atoms with van der Waals surface area (Å²) in [5.74, 6) is -0.449. The first-order valence-electron chi connectivity index (χ1n) is 7.42. The Kier molecular flexibility index (Phi) is 4.87. The van der Waals surface area contributed by atoms with Gasteiger partial charge in [-0.05, 0) is 26.0 Å². The number of esters is 1. The predicted molar refractivity (Wildman–Crippen MR) is 95.4 cm³/mol. The highest BCUT2D eigenvalue weighted by atomic mass is 35.5. The minimum Gasteiger partial charge on any atom is -0.466 e. The molecule has 1 aliphatic heterocycles. The van der Waals surface area contributed by atoms with E-state index in [1.54, 1.807) is 6.92 Å². The molecule has 0 saturated heterocycles. The zero-order chi connectivity index (χ0) is 18.1. The highest BCUT2D eigenvalue weighted by molar-refractivity contribution is 7.09. The number of aryl methyl sites for hydroxylation is 1. The Hall–Kier alpha value is -2.25. The fraction of sp³-hybridized carbons (Fsp3) is 0.235. The monoisotopic (exact) mass is 379 g/mol. The summed E-state index contributed by atoms with van der Waals surface area (Å²) < 4.78 is 18.3. The van der Waals surface area contributed by atoms with Gasteiger partial charge in [-0.25, -0.2) is 14.2 Å². The maximum Gasteiger partial charge on any atom is 0.338 e. The quantitative estimate of drug-likeness (QED) is 0.824. The summed E-state index contributed by atoms with van der Waals surface area (Å²) in [7, 11) is 1.30. The first kappa shape index (κ1) is 17.6. The van der Waals surface area contributed by atoms with Crippen LogP contribution in [0.15, 0.2) is 39.8 Å². The van der Waals surface area contributed by atoms with Gasteiger partial charge in [0.2, 0.25) is 0 Å². The van der Waals surface area contributed by atoms with E-state index in [0.29, 0.717) is 28.4 Å². The number of hydrogen-bond acceptors (Lipinski definition) is 6. The second-order valence-electron chi connectivity index (χ2n) is 5.45. The van der Waals surface area contributed by atoms with E-state index in [2.05, 4.69) is 15.3 Å². The third-order valence-electron chi connectivity index (χ3n) is 3.77. The highest BCUT2D eigenvalue weighted by Gasteiger charge is 2.32. The molecule has 0 spiro atoms. The molecule has 130 valence electrons. The lowest BCUT2D eigenvalue weighted by Gasteiger charge is -2.25. The van der Waals surface area contributed by atoms with Crippen LogP contribution in [0.2, 0.25) is 5.02 Å². The van der Waals surface area contributed by atoms with Crippen LogP contribution in [-0.4, -0.2) is 23.9 Å². The Balaban J connectivity index is 2.14. The van der Waals surface area contributed by atoms with Crippen LogP contribution in [0.5, 0.6) is 0 Å². The molecule has 0 fully saturated rings. The van der Waals surface area contributed by atoms with Crippen molar-refractivity contribution in [1.29, 1.82) is 0 Å². The number of rotatable bonds is 3. The molecule has 1 atom stereocenters. The molecule has 2 heterocycles. The summed E-state index contributed by atoms with van der Waals surface area (Å²) in [6.45, 7) is 3.65. The molecule has 0 aliphatic carbocycles. The van der Waals surface area contributed by atoms with E-state index < -0.39 is 17.8 Å². The minimum atomic E-state index is -0.709. The van der Waals surface area contributed by atoms with Gasteiger partial charge >= 0.3 is 5.97 Å². The van der Waals surface area contributed by atoms with Crippen molar-refractivity contribution in [3.05, 3.63) is 62.0 Å². The lowest BCUT2D eigenvalue weighted by Crippen LogP contribution is -2.32. The van der Waals surface area contributed by atoms with Crippen LogP contribution in [0.1, 0.15) is 29.2 Å². The Morgan fingerprint density at radius 3 is 2.76 bits per heavy atom. The molecule has 0 amide bonds. The summed E-state index contributed by atoms with van der Waals surface area (Å²) in [5, 5.41) is 6.07. The standard InChI is InChI=1S/C17H15ClFN3O2S/c1-8-14(17(23)24-3)15(11-5-4-10(19)6-12(11)18)22-16(20-8)13-7-25-9(2)21-13/h4-7,15H,1-3H3,(H,20,22)/t15-/m1/s1.